The summed E-state index contributed by atoms with van der Waals surface area (Å²) in [4.78, 5) is 12.3. The lowest BCUT2D eigenvalue weighted by molar-refractivity contribution is 0.0933. The molecule has 112 valence electrons. The first-order chi connectivity index (χ1) is 9.27. The smallest absolute Gasteiger partial charge is 0.255 e. The topological polar surface area (TPSA) is 64.3 Å². The summed E-state index contributed by atoms with van der Waals surface area (Å²) < 4.78 is 5.48. The maximum atomic E-state index is 12.3. The predicted octanol–water partition coefficient (Wildman–Crippen LogP) is 3.08. The number of nitrogens with one attached hydrogen (secondary N) is 1. The Kier molecular flexibility index (Phi) is 5.43. The molecule has 0 spiro atoms. The summed E-state index contributed by atoms with van der Waals surface area (Å²) in [5.74, 6) is 0.704. The lowest BCUT2D eigenvalue weighted by Crippen LogP contribution is -2.33. The number of carbonyl (C=O) groups is 1. The van der Waals surface area contributed by atoms with E-state index in [4.69, 9.17) is 10.5 Å². The zero-order chi connectivity index (χ0) is 15.3. The number of rotatable bonds is 5. The molecule has 0 saturated heterocycles. The van der Waals surface area contributed by atoms with E-state index in [2.05, 4.69) is 33.0 Å². The molecule has 3 N–H and O–H groups in total. The summed E-state index contributed by atoms with van der Waals surface area (Å²) >= 11 is 0. The first-order valence-corrected chi connectivity index (χ1v) is 7.06. The summed E-state index contributed by atoms with van der Waals surface area (Å²) in [5.41, 5.74) is 7.01. The molecule has 20 heavy (non-hydrogen) atoms. The standard InChI is InChI=1S/C16H26N2O2/c1-6-20-14-12(8-7-9-13(14)17)15(19)18-10-11(2)16(3,4)5/h7-9,11H,6,10,17H2,1-5H3,(H,18,19). The van der Waals surface area contributed by atoms with Crippen molar-refractivity contribution in [1.29, 1.82) is 0 Å². The van der Waals surface area contributed by atoms with Crippen LogP contribution in [0.5, 0.6) is 5.75 Å². The van der Waals surface area contributed by atoms with Crippen molar-refractivity contribution in [2.75, 3.05) is 18.9 Å². The van der Waals surface area contributed by atoms with Crippen molar-refractivity contribution < 1.29 is 9.53 Å². The number of benzene rings is 1. The number of anilines is 1. The lowest BCUT2D eigenvalue weighted by Gasteiger charge is -2.27. The summed E-state index contributed by atoms with van der Waals surface area (Å²) in [7, 11) is 0. The van der Waals surface area contributed by atoms with Gasteiger partial charge in [-0.3, -0.25) is 4.79 Å². The molecular weight excluding hydrogens is 252 g/mol. The van der Waals surface area contributed by atoms with Crippen molar-refractivity contribution in [3.8, 4) is 5.75 Å². The van der Waals surface area contributed by atoms with E-state index in [1.54, 1.807) is 18.2 Å². The Bertz CT molecular complexity index is 464. The second-order valence-electron chi connectivity index (χ2n) is 6.13. The van der Waals surface area contributed by atoms with E-state index in [1.165, 1.54) is 0 Å². The highest BCUT2D eigenvalue weighted by Crippen LogP contribution is 2.27. The maximum Gasteiger partial charge on any atom is 0.255 e. The second-order valence-corrected chi connectivity index (χ2v) is 6.13. The Morgan fingerprint density at radius 3 is 2.60 bits per heavy atom. The first-order valence-electron chi connectivity index (χ1n) is 7.06. The number of hydrogen-bond acceptors (Lipinski definition) is 3. The second kappa shape index (κ2) is 6.64. The van der Waals surface area contributed by atoms with Gasteiger partial charge in [0.15, 0.2) is 5.75 Å². The third kappa shape index (κ3) is 4.15. The van der Waals surface area contributed by atoms with Crippen LogP contribution in [0.3, 0.4) is 0 Å². The average molecular weight is 278 g/mol. The van der Waals surface area contributed by atoms with Gasteiger partial charge in [-0.15, -0.1) is 0 Å². The van der Waals surface area contributed by atoms with E-state index < -0.39 is 0 Å². The molecule has 0 aliphatic rings. The molecular formula is C16H26N2O2. The van der Waals surface area contributed by atoms with Gasteiger partial charge in [0, 0.05) is 6.54 Å². The van der Waals surface area contributed by atoms with Gasteiger partial charge in [0.05, 0.1) is 17.9 Å². The average Bonchev–Trinajstić information content (AvgIpc) is 2.37. The molecule has 0 radical (unpaired) electrons. The molecule has 1 aromatic rings. The minimum Gasteiger partial charge on any atom is -0.491 e. The van der Waals surface area contributed by atoms with E-state index >= 15 is 0 Å². The van der Waals surface area contributed by atoms with Gasteiger partial charge in [0.2, 0.25) is 0 Å². The number of nitrogen functional groups attached to an aromatic ring is 1. The molecule has 1 atom stereocenters. The fraction of sp³-hybridized carbons (Fsp3) is 0.562. The quantitative estimate of drug-likeness (QED) is 0.813. The van der Waals surface area contributed by atoms with Crippen LogP contribution in [0.4, 0.5) is 5.69 Å². The Labute approximate surface area is 121 Å². The van der Waals surface area contributed by atoms with Crippen LogP contribution in [0, 0.1) is 11.3 Å². The Morgan fingerprint density at radius 2 is 2.05 bits per heavy atom. The van der Waals surface area contributed by atoms with Crippen molar-refractivity contribution in [2.24, 2.45) is 11.3 Å². The van der Waals surface area contributed by atoms with E-state index in [0.717, 1.165) is 0 Å². The predicted molar refractivity (Wildman–Crippen MR) is 83.0 cm³/mol. The Morgan fingerprint density at radius 1 is 1.40 bits per heavy atom. The number of hydrogen-bond donors (Lipinski definition) is 2. The van der Waals surface area contributed by atoms with Crippen LogP contribution in [0.15, 0.2) is 18.2 Å². The number of para-hydroxylation sites is 1. The first kappa shape index (κ1) is 16.3. The molecule has 0 aliphatic carbocycles. The van der Waals surface area contributed by atoms with Gasteiger partial charge < -0.3 is 15.8 Å². The Hall–Kier alpha value is -1.71. The van der Waals surface area contributed by atoms with Crippen LogP contribution >= 0.6 is 0 Å². The number of carbonyl (C=O) groups excluding carboxylic acids is 1. The minimum atomic E-state index is -0.142. The highest BCUT2D eigenvalue weighted by Gasteiger charge is 2.21. The number of amides is 1. The normalized spacial score (nSPS) is 12.8. The molecule has 0 heterocycles. The molecule has 1 aromatic carbocycles. The van der Waals surface area contributed by atoms with Crippen molar-refractivity contribution in [1.82, 2.24) is 5.32 Å². The molecule has 4 heteroatoms. The zero-order valence-corrected chi connectivity index (χ0v) is 13.1. The van der Waals surface area contributed by atoms with Gasteiger partial charge in [-0.25, -0.2) is 0 Å². The lowest BCUT2D eigenvalue weighted by atomic mass is 9.82. The van der Waals surface area contributed by atoms with Crippen molar-refractivity contribution in [3.63, 3.8) is 0 Å². The van der Waals surface area contributed by atoms with Gasteiger partial charge in [-0.2, -0.15) is 0 Å². The van der Waals surface area contributed by atoms with Gasteiger partial charge in [0.25, 0.3) is 5.91 Å². The van der Waals surface area contributed by atoms with E-state index in [0.29, 0.717) is 36.1 Å². The fourth-order valence-electron chi connectivity index (χ4n) is 1.69. The molecule has 0 aliphatic heterocycles. The van der Waals surface area contributed by atoms with Crippen LogP contribution in [-0.4, -0.2) is 19.1 Å². The SMILES string of the molecule is CCOc1c(N)cccc1C(=O)NCC(C)C(C)(C)C. The molecule has 0 aromatic heterocycles. The highest BCUT2D eigenvalue weighted by molar-refractivity contribution is 5.98. The van der Waals surface area contributed by atoms with E-state index in [9.17, 15) is 4.79 Å². The third-order valence-corrected chi connectivity index (χ3v) is 3.63. The molecule has 0 bridgehead atoms. The van der Waals surface area contributed by atoms with Crippen molar-refractivity contribution in [2.45, 2.75) is 34.6 Å². The van der Waals surface area contributed by atoms with Crippen molar-refractivity contribution in [3.05, 3.63) is 23.8 Å². The van der Waals surface area contributed by atoms with E-state index in [-0.39, 0.29) is 11.3 Å². The summed E-state index contributed by atoms with van der Waals surface area (Å²) in [6, 6.07) is 5.23. The summed E-state index contributed by atoms with van der Waals surface area (Å²) in [6.07, 6.45) is 0. The van der Waals surface area contributed by atoms with Gasteiger partial charge in [0.1, 0.15) is 0 Å². The fourth-order valence-corrected chi connectivity index (χ4v) is 1.69. The molecule has 1 rings (SSSR count). The van der Waals surface area contributed by atoms with Crippen molar-refractivity contribution >= 4 is 11.6 Å². The maximum absolute atomic E-state index is 12.3. The zero-order valence-electron chi connectivity index (χ0n) is 13.1. The molecule has 0 fully saturated rings. The summed E-state index contributed by atoms with van der Waals surface area (Å²) in [5, 5.41) is 2.96. The van der Waals surface area contributed by atoms with Crippen LogP contribution in [0.2, 0.25) is 0 Å². The van der Waals surface area contributed by atoms with Crippen LogP contribution in [0.25, 0.3) is 0 Å². The molecule has 4 nitrogen and oxygen atoms in total. The van der Waals surface area contributed by atoms with Gasteiger partial charge >= 0.3 is 0 Å². The van der Waals surface area contributed by atoms with Crippen LogP contribution in [-0.2, 0) is 0 Å². The Balaban J connectivity index is 2.80. The van der Waals surface area contributed by atoms with Crippen LogP contribution < -0.4 is 15.8 Å². The largest absolute Gasteiger partial charge is 0.491 e. The summed E-state index contributed by atoms with van der Waals surface area (Å²) in [6.45, 7) is 11.6. The number of nitrogens with two attached hydrogens (primary N) is 1. The molecule has 1 amide bonds. The number of ether oxygens (including phenoxy) is 1. The third-order valence-electron chi connectivity index (χ3n) is 3.63. The van der Waals surface area contributed by atoms with Gasteiger partial charge in [-0.1, -0.05) is 33.8 Å². The molecule has 1 unspecified atom stereocenters. The minimum absolute atomic E-state index is 0.142. The van der Waals surface area contributed by atoms with E-state index in [1.807, 2.05) is 6.92 Å². The monoisotopic (exact) mass is 278 g/mol. The molecule has 0 saturated carbocycles. The van der Waals surface area contributed by atoms with Crippen LogP contribution in [0.1, 0.15) is 45.0 Å². The van der Waals surface area contributed by atoms with Gasteiger partial charge in [-0.05, 0) is 30.4 Å². The highest BCUT2D eigenvalue weighted by atomic mass is 16.5.